The molecule has 0 bridgehead atoms. The lowest BCUT2D eigenvalue weighted by molar-refractivity contribution is 0.0939. The molecule has 2 aromatic carbocycles. The van der Waals surface area contributed by atoms with Crippen molar-refractivity contribution in [1.82, 2.24) is 5.32 Å². The zero-order valence-corrected chi connectivity index (χ0v) is 14.3. The molecule has 1 unspecified atom stereocenters. The molecule has 3 rings (SSSR count). The Labute approximate surface area is 143 Å². The number of nitrogens with one attached hydrogen (secondary N) is 2. The van der Waals surface area contributed by atoms with E-state index in [1.807, 2.05) is 49.4 Å². The minimum absolute atomic E-state index is 0.167. The second-order valence-corrected chi connectivity index (χ2v) is 6.10. The Balaban J connectivity index is 1.65. The average molecular weight is 324 g/mol. The molecule has 0 radical (unpaired) electrons. The normalized spacial score (nSPS) is 13.9. The Morgan fingerprint density at radius 3 is 2.75 bits per heavy atom. The van der Waals surface area contributed by atoms with Crippen LogP contribution in [0.2, 0.25) is 0 Å². The first kappa shape index (κ1) is 16.5. The van der Waals surface area contributed by atoms with Crippen molar-refractivity contribution in [2.45, 2.75) is 32.4 Å². The number of rotatable bonds is 7. The Bertz CT molecular complexity index is 710. The van der Waals surface area contributed by atoms with Crippen molar-refractivity contribution in [3.8, 4) is 5.75 Å². The molecule has 0 amide bonds. The number of benzene rings is 2. The van der Waals surface area contributed by atoms with Gasteiger partial charge in [0.15, 0.2) is 5.78 Å². The summed E-state index contributed by atoms with van der Waals surface area (Å²) in [6.07, 6.45) is 1.76. The van der Waals surface area contributed by atoms with E-state index >= 15 is 0 Å². The van der Waals surface area contributed by atoms with Gasteiger partial charge < -0.3 is 15.4 Å². The van der Waals surface area contributed by atoms with Crippen molar-refractivity contribution < 1.29 is 9.53 Å². The second-order valence-electron chi connectivity index (χ2n) is 6.10. The van der Waals surface area contributed by atoms with E-state index in [-0.39, 0.29) is 11.8 Å². The number of methoxy groups -OCH3 is 1. The van der Waals surface area contributed by atoms with Crippen LogP contribution in [0, 0.1) is 0 Å². The van der Waals surface area contributed by atoms with Gasteiger partial charge >= 0.3 is 0 Å². The van der Waals surface area contributed by atoms with Gasteiger partial charge in [0, 0.05) is 24.3 Å². The van der Waals surface area contributed by atoms with Crippen LogP contribution in [0.4, 0.5) is 5.69 Å². The molecular formula is C20H24N2O2. The van der Waals surface area contributed by atoms with Gasteiger partial charge in [-0.15, -0.1) is 0 Å². The van der Waals surface area contributed by atoms with Crippen LogP contribution in [-0.2, 0) is 13.0 Å². The molecule has 0 saturated carbocycles. The zero-order chi connectivity index (χ0) is 16.9. The molecule has 4 nitrogen and oxygen atoms in total. The van der Waals surface area contributed by atoms with E-state index in [1.165, 1.54) is 5.56 Å². The maximum atomic E-state index is 12.8. The summed E-state index contributed by atoms with van der Waals surface area (Å²) >= 11 is 0. The number of hydrogen-bond acceptors (Lipinski definition) is 4. The fourth-order valence-electron chi connectivity index (χ4n) is 3.07. The SMILES string of the molecule is CCC(NCc1ccc(OC)cc1)C(=O)c1ccc2c(c1)CCN2. The van der Waals surface area contributed by atoms with Gasteiger partial charge in [0.1, 0.15) is 5.75 Å². The van der Waals surface area contributed by atoms with Gasteiger partial charge in [0.25, 0.3) is 0 Å². The predicted molar refractivity (Wildman–Crippen MR) is 96.9 cm³/mol. The lowest BCUT2D eigenvalue weighted by atomic mass is 9.99. The summed E-state index contributed by atoms with van der Waals surface area (Å²) in [7, 11) is 1.66. The summed E-state index contributed by atoms with van der Waals surface area (Å²) in [5.41, 5.74) is 4.34. The summed E-state index contributed by atoms with van der Waals surface area (Å²) in [5, 5.41) is 6.71. The number of ether oxygens (including phenoxy) is 1. The number of carbonyl (C=O) groups is 1. The van der Waals surface area contributed by atoms with E-state index in [2.05, 4.69) is 10.6 Å². The molecule has 0 spiro atoms. The van der Waals surface area contributed by atoms with Crippen molar-refractivity contribution in [3.05, 3.63) is 59.2 Å². The maximum Gasteiger partial charge on any atom is 0.179 e. The van der Waals surface area contributed by atoms with E-state index in [9.17, 15) is 4.79 Å². The number of carbonyl (C=O) groups excluding carboxylic acids is 1. The van der Waals surface area contributed by atoms with Gasteiger partial charge in [0.2, 0.25) is 0 Å². The molecule has 1 aliphatic rings. The van der Waals surface area contributed by atoms with Gasteiger partial charge in [-0.25, -0.2) is 0 Å². The minimum Gasteiger partial charge on any atom is -0.497 e. The fraction of sp³-hybridized carbons (Fsp3) is 0.350. The van der Waals surface area contributed by atoms with Crippen LogP contribution in [-0.4, -0.2) is 25.5 Å². The first-order valence-corrected chi connectivity index (χ1v) is 8.48. The largest absolute Gasteiger partial charge is 0.497 e. The molecule has 24 heavy (non-hydrogen) atoms. The Kier molecular flexibility index (Phi) is 5.16. The topological polar surface area (TPSA) is 50.4 Å². The van der Waals surface area contributed by atoms with Crippen molar-refractivity contribution in [2.75, 3.05) is 19.0 Å². The highest BCUT2D eigenvalue weighted by Gasteiger charge is 2.20. The fourth-order valence-corrected chi connectivity index (χ4v) is 3.07. The lowest BCUT2D eigenvalue weighted by Gasteiger charge is -2.16. The molecule has 0 aromatic heterocycles. The summed E-state index contributed by atoms with van der Waals surface area (Å²) < 4.78 is 5.17. The van der Waals surface area contributed by atoms with Gasteiger partial charge in [-0.1, -0.05) is 19.1 Å². The van der Waals surface area contributed by atoms with Gasteiger partial charge in [-0.05, 0) is 54.3 Å². The molecule has 2 N–H and O–H groups in total. The molecule has 2 aromatic rings. The van der Waals surface area contributed by atoms with Crippen LogP contribution < -0.4 is 15.4 Å². The Morgan fingerprint density at radius 2 is 2.04 bits per heavy atom. The summed E-state index contributed by atoms with van der Waals surface area (Å²) in [6.45, 7) is 3.67. The summed E-state index contributed by atoms with van der Waals surface area (Å²) in [5.74, 6) is 1.01. The van der Waals surface area contributed by atoms with Gasteiger partial charge in [-0.2, -0.15) is 0 Å². The molecular weight excluding hydrogens is 300 g/mol. The van der Waals surface area contributed by atoms with Crippen LogP contribution in [0.3, 0.4) is 0 Å². The molecule has 4 heteroatoms. The molecule has 1 heterocycles. The molecule has 0 fully saturated rings. The van der Waals surface area contributed by atoms with E-state index < -0.39 is 0 Å². The Hall–Kier alpha value is -2.33. The molecule has 1 atom stereocenters. The standard InChI is InChI=1S/C20H24N2O2/c1-3-18(22-13-14-4-7-17(24-2)8-5-14)20(23)16-6-9-19-15(12-16)10-11-21-19/h4-9,12,18,21-22H,3,10-11,13H2,1-2H3. The third-order valence-corrected chi connectivity index (χ3v) is 4.54. The third-order valence-electron chi connectivity index (χ3n) is 4.54. The first-order valence-electron chi connectivity index (χ1n) is 8.48. The van der Waals surface area contributed by atoms with E-state index in [1.54, 1.807) is 7.11 Å². The first-order chi connectivity index (χ1) is 11.7. The highest BCUT2D eigenvalue weighted by Crippen LogP contribution is 2.24. The number of ketones is 1. The van der Waals surface area contributed by atoms with Crippen LogP contribution in [0.15, 0.2) is 42.5 Å². The summed E-state index contributed by atoms with van der Waals surface area (Å²) in [4.78, 5) is 12.8. The highest BCUT2D eigenvalue weighted by atomic mass is 16.5. The number of anilines is 1. The zero-order valence-electron chi connectivity index (χ0n) is 14.3. The van der Waals surface area contributed by atoms with E-state index in [0.29, 0.717) is 6.54 Å². The van der Waals surface area contributed by atoms with E-state index in [0.717, 1.165) is 42.0 Å². The quantitative estimate of drug-likeness (QED) is 0.766. The minimum atomic E-state index is -0.167. The van der Waals surface area contributed by atoms with Crippen molar-refractivity contribution in [2.24, 2.45) is 0 Å². The highest BCUT2D eigenvalue weighted by molar-refractivity contribution is 6.00. The average Bonchev–Trinajstić information content (AvgIpc) is 3.10. The number of Topliss-reactive ketones (excluding diaryl/α,β-unsaturated/α-hetero) is 1. The number of fused-ring (bicyclic) bond motifs is 1. The van der Waals surface area contributed by atoms with Crippen molar-refractivity contribution in [3.63, 3.8) is 0 Å². The molecule has 126 valence electrons. The van der Waals surface area contributed by atoms with Crippen molar-refractivity contribution >= 4 is 11.5 Å². The third kappa shape index (κ3) is 3.60. The van der Waals surface area contributed by atoms with Crippen LogP contribution in [0.25, 0.3) is 0 Å². The predicted octanol–water partition coefficient (Wildman–Crippen LogP) is 3.41. The lowest BCUT2D eigenvalue weighted by Crippen LogP contribution is -2.35. The number of hydrogen-bond donors (Lipinski definition) is 2. The van der Waals surface area contributed by atoms with Gasteiger partial charge in [-0.3, -0.25) is 4.79 Å². The molecule has 0 saturated heterocycles. The molecule has 0 aliphatic carbocycles. The molecule has 1 aliphatic heterocycles. The van der Waals surface area contributed by atoms with E-state index in [4.69, 9.17) is 4.74 Å². The van der Waals surface area contributed by atoms with Crippen LogP contribution >= 0.6 is 0 Å². The van der Waals surface area contributed by atoms with Crippen LogP contribution in [0.1, 0.15) is 34.8 Å². The Morgan fingerprint density at radius 1 is 1.25 bits per heavy atom. The van der Waals surface area contributed by atoms with Crippen LogP contribution in [0.5, 0.6) is 5.75 Å². The maximum absolute atomic E-state index is 12.8. The van der Waals surface area contributed by atoms with Crippen molar-refractivity contribution in [1.29, 1.82) is 0 Å². The summed E-state index contributed by atoms with van der Waals surface area (Å²) in [6, 6.07) is 13.7. The smallest absolute Gasteiger partial charge is 0.179 e. The van der Waals surface area contributed by atoms with Gasteiger partial charge in [0.05, 0.1) is 13.2 Å². The monoisotopic (exact) mass is 324 g/mol. The second kappa shape index (κ2) is 7.49.